The molecular formula is C19H28N6O3S. The molecule has 1 amide bonds. The summed E-state index contributed by atoms with van der Waals surface area (Å²) in [5.74, 6) is 0.605. The van der Waals surface area contributed by atoms with Crippen LogP contribution in [0.3, 0.4) is 0 Å². The second-order valence-corrected chi connectivity index (χ2v) is 10.1. The number of pyridine rings is 1. The Balaban J connectivity index is 1.38. The van der Waals surface area contributed by atoms with E-state index in [1.165, 1.54) is 10.5 Å². The molecule has 9 nitrogen and oxygen atoms in total. The number of nitrogens with zero attached hydrogens (tertiary/aromatic N) is 3. The largest absolute Gasteiger partial charge is 0.345 e. The van der Waals surface area contributed by atoms with Gasteiger partial charge in [0.05, 0.1) is 0 Å². The standard InChI is InChI=1S/C19H28N6O3S/c1-13(2)10-14-11-16(23-22-14)19(26)24-6-8-25(9-7-24)29(27,28)17-12-21-18-15(17)4-3-5-20-18/h3-5,12-14,16,22-23H,6-11H2,1-2H3,(H,20,21). The molecule has 2 aromatic rings. The molecule has 2 aliphatic rings. The minimum Gasteiger partial charge on any atom is -0.345 e. The fraction of sp³-hybridized carbons (Fsp3) is 0.579. The van der Waals surface area contributed by atoms with Crippen molar-refractivity contribution < 1.29 is 13.2 Å². The third-order valence-electron chi connectivity index (χ3n) is 5.62. The Kier molecular flexibility index (Phi) is 5.60. The molecule has 2 saturated heterocycles. The molecule has 2 fully saturated rings. The van der Waals surface area contributed by atoms with Crippen molar-refractivity contribution in [2.24, 2.45) is 5.92 Å². The Morgan fingerprint density at radius 1 is 1.24 bits per heavy atom. The number of piperazine rings is 1. The zero-order valence-electron chi connectivity index (χ0n) is 16.8. The number of hydrogen-bond acceptors (Lipinski definition) is 6. The number of rotatable bonds is 5. The number of fused-ring (bicyclic) bond motifs is 1. The van der Waals surface area contributed by atoms with E-state index in [2.05, 4.69) is 34.7 Å². The van der Waals surface area contributed by atoms with Crippen LogP contribution >= 0.6 is 0 Å². The van der Waals surface area contributed by atoms with Gasteiger partial charge in [-0.25, -0.2) is 18.8 Å². The molecule has 3 N–H and O–H groups in total. The van der Waals surface area contributed by atoms with E-state index in [1.54, 1.807) is 23.2 Å². The van der Waals surface area contributed by atoms with E-state index in [1.807, 2.05) is 0 Å². The van der Waals surface area contributed by atoms with Crippen LogP contribution in [0.2, 0.25) is 0 Å². The number of aromatic nitrogens is 2. The summed E-state index contributed by atoms with van der Waals surface area (Å²) in [7, 11) is -3.64. The van der Waals surface area contributed by atoms with Crippen molar-refractivity contribution >= 4 is 27.0 Å². The summed E-state index contributed by atoms with van der Waals surface area (Å²) in [4.78, 5) is 21.9. The highest BCUT2D eigenvalue weighted by Crippen LogP contribution is 2.25. The monoisotopic (exact) mass is 420 g/mol. The highest BCUT2D eigenvalue weighted by Gasteiger charge is 2.36. The maximum atomic E-state index is 13.1. The second kappa shape index (κ2) is 8.02. The predicted octanol–water partition coefficient (Wildman–Crippen LogP) is 0.677. The summed E-state index contributed by atoms with van der Waals surface area (Å²) in [6, 6.07) is 3.52. The van der Waals surface area contributed by atoms with E-state index in [-0.39, 0.29) is 29.9 Å². The average Bonchev–Trinajstić information content (AvgIpc) is 3.34. The predicted molar refractivity (Wildman–Crippen MR) is 109 cm³/mol. The molecule has 0 aromatic carbocycles. The van der Waals surface area contributed by atoms with Gasteiger partial charge in [-0.1, -0.05) is 13.8 Å². The summed E-state index contributed by atoms with van der Waals surface area (Å²) in [6.07, 6.45) is 4.89. The van der Waals surface area contributed by atoms with Gasteiger partial charge in [0.2, 0.25) is 15.9 Å². The van der Waals surface area contributed by atoms with Crippen molar-refractivity contribution in [2.75, 3.05) is 26.2 Å². The van der Waals surface area contributed by atoms with Gasteiger partial charge in [0.1, 0.15) is 16.6 Å². The first-order valence-corrected chi connectivity index (χ1v) is 11.5. The molecule has 29 heavy (non-hydrogen) atoms. The van der Waals surface area contributed by atoms with Crippen LogP contribution in [-0.4, -0.2) is 71.8 Å². The van der Waals surface area contributed by atoms with Gasteiger partial charge in [0.25, 0.3) is 0 Å². The number of H-pyrrole nitrogens is 1. The highest BCUT2D eigenvalue weighted by molar-refractivity contribution is 7.89. The minimum atomic E-state index is -3.64. The molecule has 0 bridgehead atoms. The number of nitrogens with one attached hydrogen (secondary N) is 3. The first-order chi connectivity index (χ1) is 13.9. The van der Waals surface area contributed by atoms with Crippen LogP contribution < -0.4 is 10.9 Å². The maximum Gasteiger partial charge on any atom is 0.245 e. The zero-order valence-corrected chi connectivity index (χ0v) is 17.6. The lowest BCUT2D eigenvalue weighted by Gasteiger charge is -2.35. The summed E-state index contributed by atoms with van der Waals surface area (Å²) in [6.45, 7) is 5.70. The third kappa shape index (κ3) is 4.02. The normalized spacial score (nSPS) is 23.9. The topological polar surface area (TPSA) is 110 Å². The smallest absolute Gasteiger partial charge is 0.245 e. The van der Waals surface area contributed by atoms with Crippen LogP contribution in [0.25, 0.3) is 11.0 Å². The second-order valence-electron chi connectivity index (χ2n) is 8.19. The molecule has 0 aliphatic carbocycles. The fourth-order valence-electron chi connectivity index (χ4n) is 4.16. The number of amides is 1. The number of hydrazine groups is 1. The van der Waals surface area contributed by atoms with Crippen molar-refractivity contribution in [1.82, 2.24) is 30.0 Å². The zero-order chi connectivity index (χ0) is 20.6. The Morgan fingerprint density at radius 3 is 2.72 bits per heavy atom. The van der Waals surface area contributed by atoms with Gasteiger partial charge < -0.3 is 9.88 Å². The van der Waals surface area contributed by atoms with Gasteiger partial charge in [-0.2, -0.15) is 4.31 Å². The van der Waals surface area contributed by atoms with Crippen LogP contribution in [0.5, 0.6) is 0 Å². The van der Waals surface area contributed by atoms with E-state index in [0.29, 0.717) is 36.1 Å². The lowest BCUT2D eigenvalue weighted by molar-refractivity contribution is -0.134. The van der Waals surface area contributed by atoms with Gasteiger partial charge in [0.15, 0.2) is 0 Å². The number of carbonyl (C=O) groups is 1. The fourth-order valence-corrected chi connectivity index (χ4v) is 5.73. The van der Waals surface area contributed by atoms with Gasteiger partial charge in [-0.3, -0.25) is 10.2 Å². The SMILES string of the molecule is CC(C)CC1CC(C(=O)N2CCN(S(=O)(=O)c3c[nH]c4ncccc34)CC2)NN1. The third-order valence-corrected chi connectivity index (χ3v) is 7.56. The molecule has 2 aromatic heterocycles. The van der Waals surface area contributed by atoms with E-state index < -0.39 is 10.0 Å². The molecule has 0 spiro atoms. The van der Waals surface area contributed by atoms with Gasteiger partial charge in [-0.15, -0.1) is 0 Å². The van der Waals surface area contributed by atoms with E-state index >= 15 is 0 Å². The van der Waals surface area contributed by atoms with Gasteiger partial charge >= 0.3 is 0 Å². The lowest BCUT2D eigenvalue weighted by atomic mass is 9.99. The van der Waals surface area contributed by atoms with Gasteiger partial charge in [0, 0.05) is 50.0 Å². The molecule has 4 heterocycles. The molecule has 4 rings (SSSR count). The van der Waals surface area contributed by atoms with Crippen LogP contribution in [0, 0.1) is 5.92 Å². The van der Waals surface area contributed by atoms with Crippen molar-refractivity contribution in [1.29, 1.82) is 0 Å². The van der Waals surface area contributed by atoms with Crippen molar-refractivity contribution in [2.45, 2.75) is 43.7 Å². The molecule has 0 saturated carbocycles. The Hall–Kier alpha value is -2.01. The minimum absolute atomic E-state index is 0.0390. The van der Waals surface area contributed by atoms with Crippen LogP contribution in [-0.2, 0) is 14.8 Å². The average molecular weight is 421 g/mol. The van der Waals surface area contributed by atoms with Crippen LogP contribution in [0.15, 0.2) is 29.4 Å². The van der Waals surface area contributed by atoms with Gasteiger partial charge in [-0.05, 0) is 30.9 Å². The number of aromatic amines is 1. The quantitative estimate of drug-likeness (QED) is 0.656. The number of sulfonamides is 1. The maximum absolute atomic E-state index is 13.1. The highest BCUT2D eigenvalue weighted by atomic mass is 32.2. The molecular weight excluding hydrogens is 392 g/mol. The Labute approximate surface area is 170 Å². The number of hydrogen-bond donors (Lipinski definition) is 3. The van der Waals surface area contributed by atoms with E-state index in [0.717, 1.165) is 12.8 Å². The molecule has 0 radical (unpaired) electrons. The van der Waals surface area contributed by atoms with E-state index in [4.69, 9.17) is 0 Å². The number of carbonyl (C=O) groups excluding carboxylic acids is 1. The van der Waals surface area contributed by atoms with Crippen molar-refractivity contribution in [3.8, 4) is 0 Å². The summed E-state index contributed by atoms with van der Waals surface area (Å²) >= 11 is 0. The van der Waals surface area contributed by atoms with Crippen molar-refractivity contribution in [3.05, 3.63) is 24.5 Å². The first-order valence-electron chi connectivity index (χ1n) is 10.1. The molecule has 158 valence electrons. The molecule has 2 aliphatic heterocycles. The summed E-state index contributed by atoms with van der Waals surface area (Å²) in [5.41, 5.74) is 6.87. The Morgan fingerprint density at radius 2 is 2.00 bits per heavy atom. The van der Waals surface area contributed by atoms with Crippen LogP contribution in [0.4, 0.5) is 0 Å². The summed E-state index contributed by atoms with van der Waals surface area (Å²) < 4.78 is 27.6. The Bertz CT molecular complexity index is 981. The molecule has 10 heteroatoms. The van der Waals surface area contributed by atoms with Crippen LogP contribution in [0.1, 0.15) is 26.7 Å². The molecule has 2 atom stereocenters. The van der Waals surface area contributed by atoms with Crippen molar-refractivity contribution in [3.63, 3.8) is 0 Å². The first kappa shape index (κ1) is 20.3. The molecule has 2 unspecified atom stereocenters. The van der Waals surface area contributed by atoms with E-state index in [9.17, 15) is 13.2 Å². The summed E-state index contributed by atoms with van der Waals surface area (Å²) in [5, 5.41) is 0.587. The lowest BCUT2D eigenvalue weighted by Crippen LogP contribution is -2.54.